The zero-order chi connectivity index (χ0) is 14.7. The number of urea groups is 1. The van der Waals surface area contributed by atoms with Gasteiger partial charge in [0.1, 0.15) is 6.04 Å². The topological polar surface area (TPSA) is 90.3 Å². The van der Waals surface area contributed by atoms with E-state index in [9.17, 15) is 14.7 Å². The van der Waals surface area contributed by atoms with Crippen LogP contribution >= 0.6 is 0 Å². The number of rotatable bonds is 3. The van der Waals surface area contributed by atoms with Crippen molar-refractivity contribution in [2.24, 2.45) is 5.92 Å². The molecule has 2 N–H and O–H groups in total. The Balaban J connectivity index is 1.93. The van der Waals surface area contributed by atoms with E-state index in [0.29, 0.717) is 25.7 Å². The Morgan fingerprint density at radius 2 is 2.00 bits per heavy atom. The second-order valence-corrected chi connectivity index (χ2v) is 5.61. The van der Waals surface area contributed by atoms with E-state index in [0.717, 1.165) is 12.8 Å². The Bertz CT molecular complexity index is 370. The van der Waals surface area contributed by atoms with E-state index in [1.54, 1.807) is 11.9 Å². The van der Waals surface area contributed by atoms with E-state index >= 15 is 0 Å². The molecule has 2 amide bonds. The molecule has 2 saturated heterocycles. The number of aliphatic hydroxyl groups is 1. The van der Waals surface area contributed by atoms with Gasteiger partial charge in [-0.05, 0) is 18.8 Å². The summed E-state index contributed by atoms with van der Waals surface area (Å²) < 4.78 is 5.28. The molecule has 0 aromatic heterocycles. The van der Waals surface area contributed by atoms with Gasteiger partial charge >= 0.3 is 12.0 Å². The number of hydrogen-bond acceptors (Lipinski definition) is 4. The molecule has 2 heterocycles. The van der Waals surface area contributed by atoms with Crippen molar-refractivity contribution in [3.05, 3.63) is 0 Å². The van der Waals surface area contributed by atoms with Crippen molar-refractivity contribution in [3.8, 4) is 0 Å². The largest absolute Gasteiger partial charge is 0.480 e. The van der Waals surface area contributed by atoms with Gasteiger partial charge < -0.3 is 24.7 Å². The third kappa shape index (κ3) is 3.40. The number of ether oxygens (including phenoxy) is 1. The summed E-state index contributed by atoms with van der Waals surface area (Å²) in [5.41, 5.74) is 0. The van der Waals surface area contributed by atoms with Crippen LogP contribution in [-0.4, -0.2) is 77.5 Å². The molecule has 2 rings (SSSR count). The highest BCUT2D eigenvalue weighted by molar-refractivity contribution is 5.83. The van der Waals surface area contributed by atoms with E-state index in [1.165, 1.54) is 4.90 Å². The standard InChI is InChI=1S/C13H22N2O5/c1-14(7-9-2-4-20-5-3-9)13(19)15-8-10(16)6-11(15)12(17)18/h9-11,16H,2-8H2,1H3,(H,17,18)/t10-,11-/m0/s1. The first-order chi connectivity index (χ1) is 9.49. The molecule has 2 aliphatic heterocycles. The maximum Gasteiger partial charge on any atom is 0.326 e. The van der Waals surface area contributed by atoms with Crippen LogP contribution in [0, 0.1) is 5.92 Å². The Morgan fingerprint density at radius 1 is 1.35 bits per heavy atom. The van der Waals surface area contributed by atoms with Crippen LogP contribution in [0.1, 0.15) is 19.3 Å². The molecule has 0 saturated carbocycles. The number of β-amino-alcohol motifs (C(OH)–C–C–N with tert-alkyl or cyclic N) is 1. The summed E-state index contributed by atoms with van der Waals surface area (Å²) in [6.07, 6.45) is 1.19. The average Bonchev–Trinajstić information content (AvgIpc) is 2.81. The van der Waals surface area contributed by atoms with Crippen molar-refractivity contribution >= 4 is 12.0 Å². The lowest BCUT2D eigenvalue weighted by Gasteiger charge is -2.31. The van der Waals surface area contributed by atoms with Crippen LogP contribution in [0.15, 0.2) is 0 Å². The van der Waals surface area contributed by atoms with E-state index in [1.807, 2.05) is 0 Å². The zero-order valence-corrected chi connectivity index (χ0v) is 11.7. The van der Waals surface area contributed by atoms with Gasteiger partial charge in [-0.3, -0.25) is 0 Å². The van der Waals surface area contributed by atoms with E-state index < -0.39 is 18.1 Å². The van der Waals surface area contributed by atoms with Gasteiger partial charge in [-0.15, -0.1) is 0 Å². The van der Waals surface area contributed by atoms with Crippen LogP contribution in [0.5, 0.6) is 0 Å². The first kappa shape index (κ1) is 15.1. The lowest BCUT2D eigenvalue weighted by Crippen LogP contribution is -2.48. The summed E-state index contributed by atoms with van der Waals surface area (Å²) in [6.45, 7) is 2.12. The van der Waals surface area contributed by atoms with E-state index in [2.05, 4.69) is 0 Å². The van der Waals surface area contributed by atoms with Gasteiger partial charge in [0.25, 0.3) is 0 Å². The van der Waals surface area contributed by atoms with Gasteiger partial charge in [-0.25, -0.2) is 9.59 Å². The molecule has 0 aromatic rings. The van der Waals surface area contributed by atoms with Gasteiger partial charge in [0.15, 0.2) is 0 Å². The van der Waals surface area contributed by atoms with Gasteiger partial charge in [-0.2, -0.15) is 0 Å². The van der Waals surface area contributed by atoms with Crippen LogP contribution in [0.2, 0.25) is 0 Å². The Kier molecular flexibility index (Phi) is 4.82. The molecule has 0 bridgehead atoms. The molecule has 20 heavy (non-hydrogen) atoms. The molecule has 0 radical (unpaired) electrons. The third-order valence-electron chi connectivity index (χ3n) is 4.01. The maximum atomic E-state index is 12.3. The molecular weight excluding hydrogens is 264 g/mol. The van der Waals surface area contributed by atoms with Gasteiger partial charge in [0, 0.05) is 39.8 Å². The first-order valence-corrected chi connectivity index (χ1v) is 6.99. The highest BCUT2D eigenvalue weighted by Crippen LogP contribution is 2.21. The van der Waals surface area contributed by atoms with Crippen molar-refractivity contribution in [1.29, 1.82) is 0 Å². The van der Waals surface area contributed by atoms with Gasteiger partial charge in [0.05, 0.1) is 6.10 Å². The number of carboxylic acids is 1. The van der Waals surface area contributed by atoms with Crippen LogP contribution in [0.4, 0.5) is 4.79 Å². The quantitative estimate of drug-likeness (QED) is 0.761. The number of nitrogens with zero attached hydrogens (tertiary/aromatic N) is 2. The minimum atomic E-state index is -1.06. The van der Waals surface area contributed by atoms with E-state index in [-0.39, 0.29) is 19.0 Å². The number of carboxylic acid groups (broad SMARTS) is 1. The maximum absolute atomic E-state index is 12.3. The number of carbonyl (C=O) groups excluding carboxylic acids is 1. The average molecular weight is 286 g/mol. The molecule has 0 aromatic carbocycles. The van der Waals surface area contributed by atoms with Crippen molar-refractivity contribution < 1.29 is 24.5 Å². The fourth-order valence-electron chi connectivity index (χ4n) is 2.87. The summed E-state index contributed by atoms with van der Waals surface area (Å²) in [5, 5.41) is 18.7. The normalized spacial score (nSPS) is 27.6. The van der Waals surface area contributed by atoms with Crippen LogP contribution in [-0.2, 0) is 9.53 Å². The molecule has 114 valence electrons. The number of amides is 2. The summed E-state index contributed by atoms with van der Waals surface area (Å²) in [6, 6.07) is -1.24. The lowest BCUT2D eigenvalue weighted by molar-refractivity contribution is -0.141. The molecule has 0 aliphatic carbocycles. The monoisotopic (exact) mass is 286 g/mol. The lowest BCUT2D eigenvalue weighted by atomic mass is 10.00. The van der Waals surface area contributed by atoms with Crippen molar-refractivity contribution in [2.75, 3.05) is 33.4 Å². The predicted molar refractivity (Wildman–Crippen MR) is 70.3 cm³/mol. The van der Waals surface area contributed by atoms with Crippen molar-refractivity contribution in [3.63, 3.8) is 0 Å². The summed E-state index contributed by atoms with van der Waals surface area (Å²) in [4.78, 5) is 26.3. The molecule has 2 fully saturated rings. The van der Waals surface area contributed by atoms with Crippen LogP contribution in [0.25, 0.3) is 0 Å². The second kappa shape index (κ2) is 6.41. The fraction of sp³-hybridized carbons (Fsp3) is 0.846. The number of carbonyl (C=O) groups is 2. The van der Waals surface area contributed by atoms with Crippen LogP contribution in [0.3, 0.4) is 0 Å². The minimum absolute atomic E-state index is 0.0912. The highest BCUT2D eigenvalue weighted by Gasteiger charge is 2.40. The van der Waals surface area contributed by atoms with Crippen molar-refractivity contribution in [1.82, 2.24) is 9.80 Å². The number of likely N-dealkylation sites (tertiary alicyclic amines) is 1. The van der Waals surface area contributed by atoms with Crippen LogP contribution < -0.4 is 0 Å². The number of aliphatic carboxylic acids is 1. The number of hydrogen-bond donors (Lipinski definition) is 2. The van der Waals surface area contributed by atoms with Gasteiger partial charge in [0.2, 0.25) is 0 Å². The Hall–Kier alpha value is -1.34. The molecule has 2 aliphatic rings. The zero-order valence-electron chi connectivity index (χ0n) is 11.7. The Morgan fingerprint density at radius 3 is 2.60 bits per heavy atom. The number of aliphatic hydroxyl groups excluding tert-OH is 1. The van der Waals surface area contributed by atoms with E-state index in [4.69, 9.17) is 9.84 Å². The minimum Gasteiger partial charge on any atom is -0.480 e. The third-order valence-corrected chi connectivity index (χ3v) is 4.01. The SMILES string of the molecule is CN(CC1CCOCC1)C(=O)N1C[C@@H](O)C[C@H]1C(=O)O. The molecule has 0 spiro atoms. The molecule has 7 nitrogen and oxygen atoms in total. The highest BCUT2D eigenvalue weighted by atomic mass is 16.5. The van der Waals surface area contributed by atoms with Gasteiger partial charge in [-0.1, -0.05) is 0 Å². The summed E-state index contributed by atoms with van der Waals surface area (Å²) in [5.74, 6) is -0.664. The molecular formula is C13H22N2O5. The summed E-state index contributed by atoms with van der Waals surface area (Å²) in [7, 11) is 1.68. The summed E-state index contributed by atoms with van der Waals surface area (Å²) >= 11 is 0. The van der Waals surface area contributed by atoms with Crippen molar-refractivity contribution in [2.45, 2.75) is 31.4 Å². The fourth-order valence-corrected chi connectivity index (χ4v) is 2.87. The molecule has 7 heteroatoms. The smallest absolute Gasteiger partial charge is 0.326 e. The second-order valence-electron chi connectivity index (χ2n) is 5.61. The first-order valence-electron chi connectivity index (χ1n) is 6.99. The Labute approximate surface area is 118 Å². The molecule has 0 unspecified atom stereocenters. The predicted octanol–water partition coefficient (Wildman–Crippen LogP) is -0.0154. The molecule has 2 atom stereocenters.